The molecule has 0 aliphatic rings. The van der Waals surface area contributed by atoms with Gasteiger partial charge < -0.3 is 9.84 Å². The maximum atomic E-state index is 11.5. The van der Waals surface area contributed by atoms with Crippen molar-refractivity contribution < 1.29 is 14.6 Å². The minimum Gasteiger partial charge on any atom is -0.478 e. The predicted molar refractivity (Wildman–Crippen MR) is 87.6 cm³/mol. The lowest BCUT2D eigenvalue weighted by molar-refractivity contribution is -0.145. The first-order valence-electron chi connectivity index (χ1n) is 7.38. The molecule has 1 atom stereocenters. The van der Waals surface area contributed by atoms with E-state index in [0.717, 1.165) is 27.8 Å². The molecule has 0 saturated carbocycles. The number of carbonyl (C=O) groups is 1. The van der Waals surface area contributed by atoms with Crippen LogP contribution in [0.5, 0.6) is 5.75 Å². The molecule has 116 valence electrons. The maximum Gasteiger partial charge on any atom is 0.345 e. The van der Waals surface area contributed by atoms with Gasteiger partial charge in [-0.2, -0.15) is 0 Å². The Morgan fingerprint density at radius 2 is 1.36 bits per heavy atom. The van der Waals surface area contributed by atoms with Crippen molar-refractivity contribution in [2.75, 3.05) is 0 Å². The van der Waals surface area contributed by atoms with Crippen LogP contribution in [-0.4, -0.2) is 17.2 Å². The molecule has 2 aromatic carbocycles. The summed E-state index contributed by atoms with van der Waals surface area (Å²) < 4.78 is 5.72. The predicted octanol–water partition coefficient (Wildman–Crippen LogP) is 3.99. The summed E-state index contributed by atoms with van der Waals surface area (Å²) in [6.45, 7) is 7.97. The molecule has 0 aromatic heterocycles. The Hall–Kier alpha value is -2.29. The van der Waals surface area contributed by atoms with Gasteiger partial charge in [-0.15, -0.1) is 0 Å². The molecule has 3 nitrogen and oxygen atoms in total. The van der Waals surface area contributed by atoms with Crippen LogP contribution in [0.25, 0.3) is 0 Å². The highest BCUT2D eigenvalue weighted by molar-refractivity contribution is 5.73. The van der Waals surface area contributed by atoms with Crippen LogP contribution < -0.4 is 4.74 Å². The highest BCUT2D eigenvalue weighted by atomic mass is 16.5. The summed E-state index contributed by atoms with van der Waals surface area (Å²) in [5.41, 5.74) is 5.36. The Bertz CT molecular complexity index is 595. The fraction of sp³-hybridized carbons (Fsp3) is 0.316. The van der Waals surface area contributed by atoms with E-state index in [9.17, 15) is 9.90 Å². The Labute approximate surface area is 131 Å². The van der Waals surface area contributed by atoms with Gasteiger partial charge in [-0.3, -0.25) is 0 Å². The van der Waals surface area contributed by atoms with Crippen molar-refractivity contribution in [1.29, 1.82) is 0 Å². The number of ether oxygens (including phenoxy) is 1. The van der Waals surface area contributed by atoms with Crippen molar-refractivity contribution >= 4 is 5.97 Å². The third-order valence-corrected chi connectivity index (χ3v) is 3.45. The first-order chi connectivity index (χ1) is 10.3. The molecular formula is C19H22O3. The van der Waals surface area contributed by atoms with Gasteiger partial charge in [0.1, 0.15) is 5.75 Å². The van der Waals surface area contributed by atoms with E-state index in [1.54, 1.807) is 0 Å². The van der Waals surface area contributed by atoms with Crippen molar-refractivity contribution in [3.05, 3.63) is 64.2 Å². The molecule has 0 unspecified atom stereocenters. The fourth-order valence-electron chi connectivity index (χ4n) is 2.75. The van der Waals surface area contributed by atoms with Gasteiger partial charge in [0.25, 0.3) is 0 Å². The van der Waals surface area contributed by atoms with E-state index >= 15 is 0 Å². The largest absolute Gasteiger partial charge is 0.478 e. The van der Waals surface area contributed by atoms with Gasteiger partial charge >= 0.3 is 5.97 Å². The summed E-state index contributed by atoms with van der Waals surface area (Å²) in [5.74, 6) is -0.340. The summed E-state index contributed by atoms with van der Waals surface area (Å²) >= 11 is 0. The molecule has 0 aliphatic heterocycles. The Balaban J connectivity index is 2.21. The first-order valence-corrected chi connectivity index (χ1v) is 7.38. The molecule has 2 rings (SSSR count). The van der Waals surface area contributed by atoms with Gasteiger partial charge in [0.15, 0.2) is 6.10 Å². The summed E-state index contributed by atoms with van der Waals surface area (Å²) in [7, 11) is 0. The average Bonchev–Trinajstić information content (AvgIpc) is 2.35. The number of hydrogen-bond donors (Lipinski definition) is 1. The topological polar surface area (TPSA) is 46.5 Å². The molecule has 0 heterocycles. The minimum atomic E-state index is -0.946. The highest BCUT2D eigenvalue weighted by Gasteiger charge is 2.20. The SMILES string of the molecule is Cc1cc(C)cc(C[C@H](Oc2cc(C)cc(C)c2)C(=O)O)c1. The van der Waals surface area contributed by atoms with Crippen LogP contribution in [0.3, 0.4) is 0 Å². The molecule has 0 bridgehead atoms. The normalized spacial score (nSPS) is 12.0. The number of carboxylic acid groups (broad SMARTS) is 1. The molecule has 3 heteroatoms. The van der Waals surface area contributed by atoms with Crippen LogP contribution in [0.1, 0.15) is 27.8 Å². The maximum absolute atomic E-state index is 11.5. The third-order valence-electron chi connectivity index (χ3n) is 3.45. The molecule has 0 saturated heterocycles. The summed E-state index contributed by atoms with van der Waals surface area (Å²) in [5, 5.41) is 9.45. The number of carboxylic acids is 1. The first kappa shape index (κ1) is 16.1. The summed E-state index contributed by atoms with van der Waals surface area (Å²) in [6.07, 6.45) is -0.535. The monoisotopic (exact) mass is 298 g/mol. The number of hydrogen-bond acceptors (Lipinski definition) is 2. The summed E-state index contributed by atoms with van der Waals surface area (Å²) in [4.78, 5) is 11.5. The molecule has 0 amide bonds. The van der Waals surface area contributed by atoms with Gasteiger partial charge in [0.2, 0.25) is 0 Å². The number of benzene rings is 2. The van der Waals surface area contributed by atoms with Crippen molar-refractivity contribution in [3.63, 3.8) is 0 Å². The van der Waals surface area contributed by atoms with Gasteiger partial charge in [-0.25, -0.2) is 4.79 Å². The van der Waals surface area contributed by atoms with Crippen LogP contribution in [0.4, 0.5) is 0 Å². The smallest absolute Gasteiger partial charge is 0.345 e. The second-order valence-corrected chi connectivity index (χ2v) is 5.97. The molecule has 2 aromatic rings. The van der Waals surface area contributed by atoms with E-state index in [0.29, 0.717) is 12.2 Å². The van der Waals surface area contributed by atoms with Crippen LogP contribution in [-0.2, 0) is 11.2 Å². The van der Waals surface area contributed by atoms with E-state index in [4.69, 9.17) is 4.74 Å². The zero-order valence-electron chi connectivity index (χ0n) is 13.5. The molecule has 0 aliphatic carbocycles. The zero-order valence-corrected chi connectivity index (χ0v) is 13.5. The van der Waals surface area contributed by atoms with E-state index in [-0.39, 0.29) is 0 Å². The van der Waals surface area contributed by atoms with E-state index in [1.165, 1.54) is 0 Å². The molecule has 1 N–H and O–H groups in total. The molecule has 0 spiro atoms. The molecule has 0 radical (unpaired) electrons. The Morgan fingerprint density at radius 3 is 1.82 bits per heavy atom. The standard InChI is InChI=1S/C19H22O3/c1-12-5-13(2)8-16(7-12)11-18(19(20)21)22-17-9-14(3)6-15(4)10-17/h5-10,18H,11H2,1-4H3,(H,20,21)/t18-/m0/s1. The van der Waals surface area contributed by atoms with Crippen LogP contribution in [0.2, 0.25) is 0 Å². The van der Waals surface area contributed by atoms with Crippen molar-refractivity contribution in [2.45, 2.75) is 40.2 Å². The van der Waals surface area contributed by atoms with E-state index in [2.05, 4.69) is 6.07 Å². The summed E-state index contributed by atoms with van der Waals surface area (Å²) in [6, 6.07) is 11.9. The molecule has 0 fully saturated rings. The van der Waals surface area contributed by atoms with Crippen LogP contribution in [0, 0.1) is 27.7 Å². The highest BCUT2D eigenvalue weighted by Crippen LogP contribution is 2.20. The number of aryl methyl sites for hydroxylation is 4. The van der Waals surface area contributed by atoms with Crippen molar-refractivity contribution in [2.24, 2.45) is 0 Å². The molecule has 22 heavy (non-hydrogen) atoms. The van der Waals surface area contributed by atoms with Crippen molar-refractivity contribution in [3.8, 4) is 5.75 Å². The second-order valence-electron chi connectivity index (χ2n) is 5.97. The van der Waals surface area contributed by atoms with E-state index in [1.807, 2.05) is 58.0 Å². The van der Waals surface area contributed by atoms with Gasteiger partial charge in [0, 0.05) is 6.42 Å². The average molecular weight is 298 g/mol. The van der Waals surface area contributed by atoms with Crippen LogP contribution >= 0.6 is 0 Å². The van der Waals surface area contributed by atoms with Crippen LogP contribution in [0.15, 0.2) is 36.4 Å². The zero-order chi connectivity index (χ0) is 16.3. The number of rotatable bonds is 5. The lowest BCUT2D eigenvalue weighted by Crippen LogP contribution is -2.29. The van der Waals surface area contributed by atoms with Gasteiger partial charge in [0.05, 0.1) is 0 Å². The lowest BCUT2D eigenvalue weighted by atomic mass is 10.0. The lowest BCUT2D eigenvalue weighted by Gasteiger charge is -2.17. The quantitative estimate of drug-likeness (QED) is 0.907. The van der Waals surface area contributed by atoms with E-state index < -0.39 is 12.1 Å². The molecular weight excluding hydrogens is 276 g/mol. The number of aliphatic carboxylic acids is 1. The Morgan fingerprint density at radius 1 is 0.909 bits per heavy atom. The minimum absolute atomic E-state index is 0.352. The second kappa shape index (κ2) is 6.65. The van der Waals surface area contributed by atoms with Gasteiger partial charge in [-0.1, -0.05) is 35.4 Å². The third kappa shape index (κ3) is 4.35. The van der Waals surface area contributed by atoms with Crippen molar-refractivity contribution in [1.82, 2.24) is 0 Å². The van der Waals surface area contributed by atoms with Gasteiger partial charge in [-0.05, 0) is 56.5 Å². The Kier molecular flexibility index (Phi) is 4.86. The fourth-order valence-corrected chi connectivity index (χ4v) is 2.75.